The molecule has 0 fully saturated rings. The molecule has 0 saturated heterocycles. The van der Waals surface area contributed by atoms with Crippen molar-refractivity contribution in [1.82, 2.24) is 9.38 Å². The van der Waals surface area contributed by atoms with Crippen LogP contribution in [-0.4, -0.2) is 20.9 Å². The van der Waals surface area contributed by atoms with Crippen LogP contribution in [0.3, 0.4) is 0 Å². The highest BCUT2D eigenvalue weighted by Gasteiger charge is 2.16. The number of fused-ring (bicyclic) bond motifs is 3. The van der Waals surface area contributed by atoms with E-state index >= 15 is 0 Å². The van der Waals surface area contributed by atoms with Crippen LogP contribution < -0.4 is 0 Å². The van der Waals surface area contributed by atoms with Gasteiger partial charge in [0.25, 0.3) is 0 Å². The zero-order valence-corrected chi connectivity index (χ0v) is 15.0. The molecule has 0 bridgehead atoms. The van der Waals surface area contributed by atoms with Crippen LogP contribution in [0.15, 0.2) is 65.7 Å². The highest BCUT2D eigenvalue weighted by molar-refractivity contribution is 8.00. The maximum Gasteiger partial charge on any atom is 0.173 e. The quantitative estimate of drug-likeness (QED) is 0.394. The Labute approximate surface area is 155 Å². The maximum absolute atomic E-state index is 12.5. The molecule has 0 radical (unpaired) electrons. The average molecular weight is 357 g/mol. The zero-order chi connectivity index (χ0) is 18.1. The summed E-state index contributed by atoms with van der Waals surface area (Å²) in [4.78, 5) is 17.1. The van der Waals surface area contributed by atoms with Crippen LogP contribution in [0, 0.1) is 18.3 Å². The second-order valence-electron chi connectivity index (χ2n) is 5.99. The van der Waals surface area contributed by atoms with Crippen LogP contribution in [-0.2, 0) is 0 Å². The first-order chi connectivity index (χ1) is 12.7. The number of nitriles is 1. The Morgan fingerprint density at radius 1 is 1.15 bits per heavy atom. The first kappa shape index (κ1) is 16.4. The number of pyridine rings is 1. The molecule has 0 saturated carbocycles. The molecule has 0 aliphatic carbocycles. The maximum atomic E-state index is 12.5. The number of imidazole rings is 1. The van der Waals surface area contributed by atoms with E-state index in [0.717, 1.165) is 21.6 Å². The number of hydrogen-bond acceptors (Lipinski definition) is 4. The van der Waals surface area contributed by atoms with Gasteiger partial charge in [0.1, 0.15) is 6.07 Å². The summed E-state index contributed by atoms with van der Waals surface area (Å²) < 4.78 is 1.98. The normalized spacial score (nSPS) is 10.9. The van der Waals surface area contributed by atoms with Gasteiger partial charge in [0.15, 0.2) is 11.4 Å². The van der Waals surface area contributed by atoms with Gasteiger partial charge in [-0.15, -0.1) is 0 Å². The van der Waals surface area contributed by atoms with Crippen molar-refractivity contribution in [2.75, 3.05) is 5.75 Å². The topological polar surface area (TPSA) is 58.2 Å². The number of hydrogen-bond donors (Lipinski definition) is 0. The van der Waals surface area contributed by atoms with E-state index in [0.29, 0.717) is 22.5 Å². The van der Waals surface area contributed by atoms with Gasteiger partial charge in [0.2, 0.25) is 0 Å². The van der Waals surface area contributed by atoms with Crippen LogP contribution >= 0.6 is 11.8 Å². The standard InChI is InChI=1S/C21H15N3OS/c1-14-11-20(26-13-19(25)15-7-3-2-4-8-15)24-18-10-6-5-9-17(18)23-21(24)16(14)12-22/h2-11H,13H2,1H3. The molecular formula is C21H15N3OS. The van der Waals surface area contributed by atoms with Gasteiger partial charge < -0.3 is 0 Å². The first-order valence-corrected chi connectivity index (χ1v) is 9.19. The number of benzene rings is 2. The van der Waals surface area contributed by atoms with E-state index in [-0.39, 0.29) is 5.78 Å². The predicted molar refractivity (Wildman–Crippen MR) is 104 cm³/mol. The molecule has 0 amide bonds. The summed E-state index contributed by atoms with van der Waals surface area (Å²) in [5.41, 5.74) is 4.56. The number of aryl methyl sites for hydroxylation is 1. The number of rotatable bonds is 4. The van der Waals surface area contributed by atoms with Gasteiger partial charge in [-0.05, 0) is 30.7 Å². The van der Waals surface area contributed by atoms with Gasteiger partial charge in [-0.2, -0.15) is 5.26 Å². The molecule has 0 aliphatic heterocycles. The van der Waals surface area contributed by atoms with Crippen molar-refractivity contribution >= 4 is 34.2 Å². The average Bonchev–Trinajstić information content (AvgIpc) is 3.06. The summed E-state index contributed by atoms with van der Waals surface area (Å²) in [5.74, 6) is 0.409. The minimum Gasteiger partial charge on any atom is -0.293 e. The van der Waals surface area contributed by atoms with Gasteiger partial charge in [-0.3, -0.25) is 9.20 Å². The van der Waals surface area contributed by atoms with Crippen molar-refractivity contribution in [1.29, 1.82) is 5.26 Å². The van der Waals surface area contributed by atoms with Gasteiger partial charge in [-0.25, -0.2) is 4.98 Å². The summed E-state index contributed by atoms with van der Waals surface area (Å²) in [6, 6.07) is 21.3. The lowest BCUT2D eigenvalue weighted by atomic mass is 10.1. The van der Waals surface area contributed by atoms with Crippen LogP contribution in [0.1, 0.15) is 21.5 Å². The Morgan fingerprint density at radius 3 is 2.65 bits per heavy atom. The zero-order valence-electron chi connectivity index (χ0n) is 14.1. The van der Waals surface area contributed by atoms with Crippen molar-refractivity contribution in [2.24, 2.45) is 0 Å². The number of thioether (sulfide) groups is 1. The molecule has 0 atom stereocenters. The summed E-state index contributed by atoms with van der Waals surface area (Å²) in [7, 11) is 0. The molecular weight excluding hydrogens is 342 g/mol. The first-order valence-electron chi connectivity index (χ1n) is 8.21. The van der Waals surface area contributed by atoms with Gasteiger partial charge in [0, 0.05) is 5.56 Å². The number of nitrogens with zero attached hydrogens (tertiary/aromatic N) is 3. The highest BCUT2D eigenvalue weighted by atomic mass is 32.2. The second kappa shape index (κ2) is 6.66. The number of aromatic nitrogens is 2. The molecule has 26 heavy (non-hydrogen) atoms. The third kappa shape index (κ3) is 2.75. The molecule has 4 aromatic rings. The lowest BCUT2D eigenvalue weighted by Crippen LogP contribution is -2.04. The van der Waals surface area contributed by atoms with Crippen molar-refractivity contribution < 1.29 is 4.79 Å². The fourth-order valence-electron chi connectivity index (χ4n) is 3.01. The molecule has 2 aromatic heterocycles. The molecule has 4 nitrogen and oxygen atoms in total. The molecule has 126 valence electrons. The van der Waals surface area contributed by atoms with E-state index in [1.54, 1.807) is 0 Å². The third-order valence-electron chi connectivity index (χ3n) is 4.30. The summed E-state index contributed by atoms with van der Waals surface area (Å²) >= 11 is 1.47. The SMILES string of the molecule is Cc1cc(SCC(=O)c2ccccc2)n2c(nc3ccccc32)c1C#N. The number of carbonyl (C=O) groups is 1. The van der Waals surface area contributed by atoms with E-state index in [4.69, 9.17) is 0 Å². The lowest BCUT2D eigenvalue weighted by molar-refractivity contribution is 0.102. The number of Topliss-reactive ketones (excluding diaryl/α,β-unsaturated/α-hetero) is 1. The van der Waals surface area contributed by atoms with E-state index in [2.05, 4.69) is 11.1 Å². The Hall–Kier alpha value is -3.10. The monoisotopic (exact) mass is 357 g/mol. The number of ketones is 1. The van der Waals surface area contributed by atoms with E-state index in [1.165, 1.54) is 11.8 Å². The molecule has 0 unspecified atom stereocenters. The predicted octanol–water partition coefficient (Wildman–Crippen LogP) is 4.64. The van der Waals surface area contributed by atoms with Crippen molar-refractivity contribution in [2.45, 2.75) is 11.9 Å². The van der Waals surface area contributed by atoms with Gasteiger partial charge in [-0.1, -0.05) is 54.2 Å². The summed E-state index contributed by atoms with van der Waals surface area (Å²) in [6.07, 6.45) is 0. The molecule has 0 N–H and O–H groups in total. The van der Waals surface area contributed by atoms with Crippen molar-refractivity contribution in [3.8, 4) is 6.07 Å². The Morgan fingerprint density at radius 2 is 1.88 bits per heavy atom. The van der Waals surface area contributed by atoms with Gasteiger partial charge in [0.05, 0.1) is 27.4 Å². The summed E-state index contributed by atoms with van der Waals surface area (Å²) in [5, 5.41) is 10.4. The Balaban J connectivity index is 1.80. The van der Waals surface area contributed by atoms with Crippen LogP contribution in [0.5, 0.6) is 0 Å². The van der Waals surface area contributed by atoms with E-state index < -0.39 is 0 Å². The minimum atomic E-state index is 0.0789. The second-order valence-corrected chi connectivity index (χ2v) is 6.99. The summed E-state index contributed by atoms with van der Waals surface area (Å²) in [6.45, 7) is 1.90. The van der Waals surface area contributed by atoms with Crippen molar-refractivity contribution in [3.63, 3.8) is 0 Å². The van der Waals surface area contributed by atoms with E-state index in [9.17, 15) is 10.1 Å². The van der Waals surface area contributed by atoms with Crippen molar-refractivity contribution in [3.05, 3.63) is 77.4 Å². The highest BCUT2D eigenvalue weighted by Crippen LogP contribution is 2.29. The number of carbonyl (C=O) groups excluding carboxylic acids is 1. The molecule has 0 spiro atoms. The lowest BCUT2D eigenvalue weighted by Gasteiger charge is -2.09. The van der Waals surface area contributed by atoms with E-state index in [1.807, 2.05) is 72.0 Å². The molecule has 2 heterocycles. The molecule has 2 aromatic carbocycles. The largest absolute Gasteiger partial charge is 0.293 e. The third-order valence-corrected chi connectivity index (χ3v) is 5.30. The fourth-order valence-corrected chi connectivity index (χ4v) is 4.03. The Kier molecular flexibility index (Phi) is 4.19. The van der Waals surface area contributed by atoms with Crippen LogP contribution in [0.4, 0.5) is 0 Å². The number of para-hydroxylation sites is 2. The van der Waals surface area contributed by atoms with Crippen LogP contribution in [0.2, 0.25) is 0 Å². The smallest absolute Gasteiger partial charge is 0.173 e. The van der Waals surface area contributed by atoms with Crippen LogP contribution in [0.25, 0.3) is 16.7 Å². The Bertz CT molecular complexity index is 1170. The minimum absolute atomic E-state index is 0.0789. The van der Waals surface area contributed by atoms with Gasteiger partial charge >= 0.3 is 0 Å². The fraction of sp³-hybridized carbons (Fsp3) is 0.0952. The molecule has 4 rings (SSSR count). The molecule has 5 heteroatoms. The molecule has 0 aliphatic rings.